The molecular weight excluding hydrogens is 642 g/mol. The summed E-state index contributed by atoms with van der Waals surface area (Å²) < 4.78 is 2.29. The normalized spacial score (nSPS) is 11.7. The molecule has 222 valence electrons. The molecule has 7 heteroatoms. The van der Waals surface area contributed by atoms with Crippen LogP contribution in [0.3, 0.4) is 0 Å². The molecule has 10 rings (SSSR count). The zero-order valence-electron chi connectivity index (χ0n) is 25.9. The van der Waals surface area contributed by atoms with Crippen LogP contribution >= 0.6 is 0 Å². The van der Waals surface area contributed by atoms with Gasteiger partial charge in [0.2, 0.25) is 0 Å². The molecular formula is C41H26N6Zn. The van der Waals surface area contributed by atoms with Crippen molar-refractivity contribution in [2.75, 3.05) is 0 Å². The van der Waals surface area contributed by atoms with Crippen molar-refractivity contribution in [2.24, 2.45) is 4.99 Å². The van der Waals surface area contributed by atoms with Gasteiger partial charge in [-0.05, 0) is 74.2 Å². The fraction of sp³-hybridized carbons (Fsp3) is 0. The zero-order valence-corrected chi connectivity index (χ0v) is 28.9. The monoisotopic (exact) mass is 666 g/mol. The molecule has 0 atom stereocenters. The number of rotatable bonds is 2. The van der Waals surface area contributed by atoms with Crippen LogP contribution in [0.5, 0.6) is 0 Å². The first-order chi connectivity index (χ1) is 23.3. The van der Waals surface area contributed by atoms with E-state index in [0.29, 0.717) is 11.3 Å². The third-order valence-corrected chi connectivity index (χ3v) is 8.66. The number of hydrogen-bond donors (Lipinski definition) is 0. The van der Waals surface area contributed by atoms with Crippen molar-refractivity contribution in [3.63, 3.8) is 0 Å². The Morgan fingerprint density at radius 3 is 2.08 bits per heavy atom. The number of nitrogens with zero attached hydrogens (tertiary/aromatic N) is 6. The summed E-state index contributed by atoms with van der Waals surface area (Å²) in [4.78, 5) is 22.9. The number of benzene rings is 5. The van der Waals surface area contributed by atoms with Crippen molar-refractivity contribution in [1.82, 2.24) is 24.5 Å². The first-order valence-corrected chi connectivity index (χ1v) is 15.5. The second-order valence-electron chi connectivity index (χ2n) is 11.4. The van der Waals surface area contributed by atoms with Gasteiger partial charge in [-0.15, -0.1) is 5.52 Å². The van der Waals surface area contributed by atoms with Crippen LogP contribution in [0.1, 0.15) is 0 Å². The molecule has 0 fully saturated rings. The fourth-order valence-corrected chi connectivity index (χ4v) is 6.54. The molecule has 0 bridgehead atoms. The van der Waals surface area contributed by atoms with Gasteiger partial charge in [-0.1, -0.05) is 103 Å². The predicted octanol–water partition coefficient (Wildman–Crippen LogP) is 9.02. The maximum Gasteiger partial charge on any atom is 2.00 e. The molecule has 10 aromatic rings. The van der Waals surface area contributed by atoms with Gasteiger partial charge in [0, 0.05) is 28.9 Å². The molecule has 0 radical (unpaired) electrons. The Labute approximate surface area is 288 Å². The average Bonchev–Trinajstić information content (AvgIpc) is 3.76. The molecule has 0 aliphatic carbocycles. The topological polar surface area (TPSA) is 71.3 Å². The molecule has 0 aliphatic heterocycles. The quantitative estimate of drug-likeness (QED) is 0.173. The third-order valence-electron chi connectivity index (χ3n) is 8.66. The Balaban J connectivity index is 0.000000140. The van der Waals surface area contributed by atoms with Crippen LogP contribution in [-0.2, 0) is 19.5 Å². The minimum Gasteiger partial charge on any atom is -0.663 e. The third kappa shape index (κ3) is 4.96. The van der Waals surface area contributed by atoms with E-state index >= 15 is 0 Å². The molecule has 0 saturated heterocycles. The Hall–Kier alpha value is -5.91. The van der Waals surface area contributed by atoms with E-state index in [1.165, 1.54) is 21.5 Å². The van der Waals surface area contributed by atoms with Gasteiger partial charge >= 0.3 is 19.5 Å². The first kappa shape index (κ1) is 29.5. The molecule has 6 nitrogen and oxygen atoms in total. The van der Waals surface area contributed by atoms with Crippen LogP contribution in [0, 0.1) is 0 Å². The van der Waals surface area contributed by atoms with Crippen LogP contribution in [0.2, 0.25) is 0 Å². The standard InChI is InChI=1S/C23H14N3.C18H12N3.Zn/c1-2-5-17(6-3-1)26-18-11-10-15-8-9-16-12-14-25-22(16)20(15)21(18)23-19(26)7-4-13-24-23;1-3-7-15-13(5-1)9-11-19-17(15)21-18-16-8-4-2-6-14(16)10-12-20-18;/h1-14H;1-12H;/q2*-1;+2. The maximum atomic E-state index is 4.75. The van der Waals surface area contributed by atoms with Crippen LogP contribution in [0.4, 0.5) is 5.82 Å². The van der Waals surface area contributed by atoms with Gasteiger partial charge in [0.1, 0.15) is 0 Å². The number of para-hydroxylation sites is 1. The van der Waals surface area contributed by atoms with Crippen molar-refractivity contribution in [2.45, 2.75) is 0 Å². The van der Waals surface area contributed by atoms with Gasteiger partial charge in [0.15, 0.2) is 0 Å². The molecule has 48 heavy (non-hydrogen) atoms. The summed E-state index contributed by atoms with van der Waals surface area (Å²) in [5.41, 5.74) is 6.19. The van der Waals surface area contributed by atoms with E-state index in [0.717, 1.165) is 49.3 Å². The molecule has 0 amide bonds. The summed E-state index contributed by atoms with van der Waals surface area (Å²) in [6, 6.07) is 45.6. The summed E-state index contributed by atoms with van der Waals surface area (Å²) in [5, 5.41) is 9.06. The van der Waals surface area contributed by atoms with Crippen LogP contribution in [0.15, 0.2) is 163 Å². The van der Waals surface area contributed by atoms with Gasteiger partial charge in [-0.3, -0.25) is 9.97 Å². The van der Waals surface area contributed by atoms with E-state index in [4.69, 9.17) is 4.98 Å². The minimum absolute atomic E-state index is 0. The summed E-state index contributed by atoms with van der Waals surface area (Å²) >= 11 is 0. The largest absolute Gasteiger partial charge is 2.00 e. The SMILES string of the molecule is [Zn+2].c1ccc(-n2c3cccnc3c3c4c(ccc5cc[n-]c54)ccc32)cc1.c1ccc2c(N=c3[n-]ccc4ccccc34)nccc2c1. The number of fused-ring (bicyclic) bond motifs is 9. The summed E-state index contributed by atoms with van der Waals surface area (Å²) in [5.74, 6) is 0.706. The molecule has 0 aliphatic rings. The predicted molar refractivity (Wildman–Crippen MR) is 191 cm³/mol. The number of aromatic nitrogens is 5. The molecule has 0 saturated carbocycles. The maximum absolute atomic E-state index is 4.75. The van der Waals surface area contributed by atoms with E-state index in [1.54, 1.807) is 12.4 Å². The van der Waals surface area contributed by atoms with E-state index in [-0.39, 0.29) is 19.5 Å². The zero-order chi connectivity index (χ0) is 31.2. The van der Waals surface area contributed by atoms with Crippen molar-refractivity contribution in [3.05, 3.63) is 164 Å². The van der Waals surface area contributed by atoms with E-state index in [9.17, 15) is 0 Å². The van der Waals surface area contributed by atoms with Gasteiger partial charge in [0.05, 0.1) is 22.4 Å². The minimum atomic E-state index is 0. The van der Waals surface area contributed by atoms with E-state index in [1.807, 2.05) is 73.1 Å². The summed E-state index contributed by atoms with van der Waals surface area (Å²) in [7, 11) is 0. The van der Waals surface area contributed by atoms with E-state index < -0.39 is 0 Å². The summed E-state index contributed by atoms with van der Waals surface area (Å²) in [6.45, 7) is 0. The van der Waals surface area contributed by atoms with Crippen LogP contribution < -0.4 is 15.5 Å². The van der Waals surface area contributed by atoms with E-state index in [2.05, 4.69) is 97.3 Å². The Bertz CT molecular complexity index is 2800. The second kappa shape index (κ2) is 12.4. The second-order valence-corrected chi connectivity index (χ2v) is 11.4. The molecule has 0 spiro atoms. The van der Waals surface area contributed by atoms with Gasteiger partial charge in [-0.2, -0.15) is 6.20 Å². The molecule has 5 heterocycles. The number of pyridine rings is 3. The Morgan fingerprint density at radius 2 is 1.21 bits per heavy atom. The van der Waals surface area contributed by atoms with Crippen molar-refractivity contribution in [3.8, 4) is 5.69 Å². The van der Waals surface area contributed by atoms with Crippen molar-refractivity contribution >= 4 is 71.0 Å². The van der Waals surface area contributed by atoms with Gasteiger partial charge in [0.25, 0.3) is 0 Å². The van der Waals surface area contributed by atoms with Gasteiger partial charge in [-0.25, -0.2) is 0 Å². The average molecular weight is 668 g/mol. The molecule has 5 aromatic carbocycles. The molecule has 0 unspecified atom stereocenters. The fourth-order valence-electron chi connectivity index (χ4n) is 6.54. The van der Waals surface area contributed by atoms with Crippen molar-refractivity contribution < 1.29 is 19.5 Å². The van der Waals surface area contributed by atoms with Crippen LogP contribution in [0.25, 0.3) is 70.8 Å². The smallest absolute Gasteiger partial charge is 0.663 e. The summed E-state index contributed by atoms with van der Waals surface area (Å²) in [6.07, 6.45) is 7.32. The van der Waals surface area contributed by atoms with Crippen molar-refractivity contribution in [1.29, 1.82) is 0 Å². The number of hydrogen-bond acceptors (Lipinski definition) is 3. The first-order valence-electron chi connectivity index (χ1n) is 15.5. The molecule has 5 aromatic heterocycles. The molecule has 0 N–H and O–H groups in total. The Morgan fingerprint density at radius 1 is 0.500 bits per heavy atom. The van der Waals surface area contributed by atoms with Gasteiger partial charge < -0.3 is 19.5 Å². The van der Waals surface area contributed by atoms with Crippen LogP contribution in [-0.4, -0.2) is 14.5 Å². The Kier molecular flexibility index (Phi) is 7.60.